The van der Waals surface area contributed by atoms with Crippen molar-refractivity contribution in [2.45, 2.75) is 25.3 Å². The molecule has 6 nitrogen and oxygen atoms in total. The molecular formula is C16H16N2O4. The van der Waals surface area contributed by atoms with E-state index in [0.717, 1.165) is 18.9 Å². The Hall–Kier alpha value is -2.63. The van der Waals surface area contributed by atoms with Crippen molar-refractivity contribution >= 4 is 22.8 Å². The molecule has 0 radical (unpaired) electrons. The van der Waals surface area contributed by atoms with Gasteiger partial charge in [-0.05, 0) is 31.4 Å². The second kappa shape index (κ2) is 6.01. The maximum absolute atomic E-state index is 12.2. The molecule has 2 N–H and O–H groups in total. The van der Waals surface area contributed by atoms with Gasteiger partial charge < -0.3 is 15.1 Å². The first-order valence-corrected chi connectivity index (χ1v) is 7.26. The zero-order valence-corrected chi connectivity index (χ0v) is 11.9. The van der Waals surface area contributed by atoms with Crippen LogP contribution in [0.2, 0.25) is 0 Å². The molecule has 1 saturated heterocycles. The molecule has 0 saturated carbocycles. The Bertz CT molecular complexity index is 781. The number of fused-ring (bicyclic) bond motifs is 1. The molecule has 3 rings (SSSR count). The summed E-state index contributed by atoms with van der Waals surface area (Å²) >= 11 is 0. The molecule has 2 amide bonds. The van der Waals surface area contributed by atoms with Crippen LogP contribution in [-0.4, -0.2) is 24.4 Å². The standard InChI is InChI=1S/C16H16N2O4/c19-12-9-14(22-13-7-2-1-5-10(12)13)16(21)18-11-6-3-4-8-17-15(11)20/h1-2,5,7,9,11H,3-4,6,8H2,(H,17,20)(H,18,21). The van der Waals surface area contributed by atoms with Crippen LogP contribution in [0.25, 0.3) is 11.0 Å². The third kappa shape index (κ3) is 2.86. The highest BCUT2D eigenvalue weighted by atomic mass is 16.3. The van der Waals surface area contributed by atoms with Crippen LogP contribution in [0.4, 0.5) is 0 Å². The quantitative estimate of drug-likeness (QED) is 0.872. The number of hydrogen-bond donors (Lipinski definition) is 2. The minimum atomic E-state index is -0.591. The summed E-state index contributed by atoms with van der Waals surface area (Å²) in [7, 11) is 0. The van der Waals surface area contributed by atoms with Crippen LogP contribution in [0.15, 0.2) is 39.5 Å². The van der Waals surface area contributed by atoms with Gasteiger partial charge in [-0.1, -0.05) is 12.1 Å². The molecule has 2 heterocycles. The molecule has 1 atom stereocenters. The Labute approximate surface area is 126 Å². The van der Waals surface area contributed by atoms with Gasteiger partial charge in [0.15, 0.2) is 11.2 Å². The van der Waals surface area contributed by atoms with E-state index in [1.54, 1.807) is 24.3 Å². The summed E-state index contributed by atoms with van der Waals surface area (Å²) < 4.78 is 5.47. The fourth-order valence-corrected chi connectivity index (χ4v) is 2.52. The predicted molar refractivity (Wildman–Crippen MR) is 80.6 cm³/mol. The molecule has 0 bridgehead atoms. The van der Waals surface area contributed by atoms with E-state index in [-0.39, 0.29) is 17.1 Å². The number of carbonyl (C=O) groups is 2. The first kappa shape index (κ1) is 14.3. The van der Waals surface area contributed by atoms with Gasteiger partial charge in [0.05, 0.1) is 5.39 Å². The fraction of sp³-hybridized carbons (Fsp3) is 0.312. The summed E-state index contributed by atoms with van der Waals surface area (Å²) in [5, 5.41) is 5.80. The average molecular weight is 300 g/mol. The van der Waals surface area contributed by atoms with E-state index in [0.29, 0.717) is 23.9 Å². The van der Waals surface area contributed by atoms with Crippen molar-refractivity contribution in [2.75, 3.05) is 6.54 Å². The highest BCUT2D eigenvalue weighted by Crippen LogP contribution is 2.12. The Morgan fingerprint density at radius 1 is 1.23 bits per heavy atom. The van der Waals surface area contributed by atoms with E-state index in [1.807, 2.05) is 0 Å². The molecular weight excluding hydrogens is 284 g/mol. The maximum atomic E-state index is 12.2. The summed E-state index contributed by atoms with van der Waals surface area (Å²) in [6, 6.07) is 7.30. The molecule has 6 heteroatoms. The van der Waals surface area contributed by atoms with Crippen molar-refractivity contribution in [1.82, 2.24) is 10.6 Å². The van der Waals surface area contributed by atoms with Gasteiger partial charge in [-0.25, -0.2) is 0 Å². The number of hydrogen-bond acceptors (Lipinski definition) is 4. The van der Waals surface area contributed by atoms with Crippen molar-refractivity contribution < 1.29 is 14.0 Å². The minimum absolute atomic E-state index is 0.0826. The van der Waals surface area contributed by atoms with Crippen molar-refractivity contribution in [2.24, 2.45) is 0 Å². The molecule has 0 aliphatic carbocycles. The molecule has 1 aliphatic rings. The first-order chi connectivity index (χ1) is 10.6. The van der Waals surface area contributed by atoms with Gasteiger partial charge in [0.1, 0.15) is 11.6 Å². The molecule has 1 aliphatic heterocycles. The lowest BCUT2D eigenvalue weighted by Crippen LogP contribution is -2.45. The Balaban J connectivity index is 1.85. The maximum Gasteiger partial charge on any atom is 0.287 e. The summed E-state index contributed by atoms with van der Waals surface area (Å²) in [5.74, 6) is -0.834. The average Bonchev–Trinajstić information content (AvgIpc) is 2.72. The lowest BCUT2D eigenvalue weighted by molar-refractivity contribution is -0.122. The van der Waals surface area contributed by atoms with Gasteiger partial charge in [-0.2, -0.15) is 0 Å². The van der Waals surface area contributed by atoms with Crippen LogP contribution in [0.5, 0.6) is 0 Å². The normalized spacial score (nSPS) is 18.5. The number of para-hydroxylation sites is 1. The van der Waals surface area contributed by atoms with Crippen molar-refractivity contribution in [1.29, 1.82) is 0 Å². The molecule has 22 heavy (non-hydrogen) atoms. The molecule has 1 unspecified atom stereocenters. The van der Waals surface area contributed by atoms with Crippen LogP contribution < -0.4 is 16.1 Å². The Morgan fingerprint density at radius 3 is 2.91 bits per heavy atom. The second-order valence-corrected chi connectivity index (χ2v) is 5.28. The second-order valence-electron chi connectivity index (χ2n) is 5.28. The number of nitrogens with one attached hydrogen (secondary N) is 2. The smallest absolute Gasteiger partial charge is 0.287 e. The third-order valence-electron chi connectivity index (χ3n) is 3.70. The van der Waals surface area contributed by atoms with Crippen molar-refractivity contribution in [3.63, 3.8) is 0 Å². The van der Waals surface area contributed by atoms with Crippen molar-refractivity contribution in [3.05, 3.63) is 46.3 Å². The van der Waals surface area contributed by atoms with E-state index in [9.17, 15) is 14.4 Å². The lowest BCUT2D eigenvalue weighted by atomic mass is 10.1. The molecule has 2 aromatic rings. The lowest BCUT2D eigenvalue weighted by Gasteiger charge is -2.14. The Morgan fingerprint density at radius 2 is 2.05 bits per heavy atom. The molecule has 1 aromatic carbocycles. The van der Waals surface area contributed by atoms with E-state index < -0.39 is 11.9 Å². The van der Waals surface area contributed by atoms with E-state index in [4.69, 9.17) is 4.42 Å². The highest BCUT2D eigenvalue weighted by molar-refractivity contribution is 5.96. The molecule has 0 spiro atoms. The first-order valence-electron chi connectivity index (χ1n) is 7.26. The van der Waals surface area contributed by atoms with Crippen LogP contribution in [0.1, 0.15) is 29.8 Å². The minimum Gasteiger partial charge on any atom is -0.451 e. The number of carbonyl (C=O) groups excluding carboxylic acids is 2. The van der Waals surface area contributed by atoms with Gasteiger partial charge in [0, 0.05) is 12.6 Å². The van der Waals surface area contributed by atoms with Crippen LogP contribution in [0, 0.1) is 0 Å². The van der Waals surface area contributed by atoms with Gasteiger partial charge in [0.2, 0.25) is 5.91 Å². The summed E-state index contributed by atoms with van der Waals surface area (Å²) in [6.07, 6.45) is 2.32. The molecule has 1 aromatic heterocycles. The van der Waals surface area contributed by atoms with Gasteiger partial charge in [-0.15, -0.1) is 0 Å². The molecule has 1 fully saturated rings. The molecule has 114 valence electrons. The van der Waals surface area contributed by atoms with Crippen LogP contribution in [0.3, 0.4) is 0 Å². The number of rotatable bonds is 2. The van der Waals surface area contributed by atoms with Crippen molar-refractivity contribution in [3.8, 4) is 0 Å². The van der Waals surface area contributed by atoms with Crippen LogP contribution in [-0.2, 0) is 4.79 Å². The third-order valence-corrected chi connectivity index (χ3v) is 3.70. The predicted octanol–water partition coefficient (Wildman–Crippen LogP) is 1.19. The van der Waals surface area contributed by atoms with Crippen LogP contribution >= 0.6 is 0 Å². The zero-order valence-electron chi connectivity index (χ0n) is 11.9. The fourth-order valence-electron chi connectivity index (χ4n) is 2.52. The summed E-state index contributed by atoms with van der Waals surface area (Å²) in [5.41, 5.74) is 0.0720. The van der Waals surface area contributed by atoms with E-state index >= 15 is 0 Å². The topological polar surface area (TPSA) is 88.4 Å². The SMILES string of the molecule is O=C(NC1CCCCNC1=O)c1cc(=O)c2ccccc2o1. The monoisotopic (exact) mass is 300 g/mol. The van der Waals surface area contributed by atoms with Gasteiger partial charge >= 0.3 is 0 Å². The Kier molecular flexibility index (Phi) is 3.91. The summed E-state index contributed by atoms with van der Waals surface area (Å²) in [6.45, 7) is 0.621. The highest BCUT2D eigenvalue weighted by Gasteiger charge is 2.24. The van der Waals surface area contributed by atoms with E-state index in [2.05, 4.69) is 10.6 Å². The largest absolute Gasteiger partial charge is 0.451 e. The number of benzene rings is 1. The van der Waals surface area contributed by atoms with Gasteiger partial charge in [0.25, 0.3) is 5.91 Å². The number of amides is 2. The zero-order chi connectivity index (χ0) is 15.5. The van der Waals surface area contributed by atoms with Gasteiger partial charge in [-0.3, -0.25) is 14.4 Å². The van der Waals surface area contributed by atoms with E-state index in [1.165, 1.54) is 0 Å². The summed E-state index contributed by atoms with van der Waals surface area (Å²) in [4.78, 5) is 36.1.